The van der Waals surface area contributed by atoms with E-state index in [9.17, 15) is 9.18 Å². The van der Waals surface area contributed by atoms with E-state index in [1.807, 2.05) is 0 Å². The fraction of sp³-hybridized carbons (Fsp3) is 0.571. The number of aliphatic carboxylic acids is 1. The lowest BCUT2D eigenvalue weighted by Gasteiger charge is -2.28. The van der Waals surface area contributed by atoms with Gasteiger partial charge in [-0.1, -0.05) is 0 Å². The Morgan fingerprint density at radius 2 is 1.85 bits per heavy atom. The second-order valence-corrected chi connectivity index (χ2v) is 2.80. The zero-order valence-electron chi connectivity index (χ0n) is 6.46. The van der Waals surface area contributed by atoms with Crippen molar-refractivity contribution in [3.63, 3.8) is 0 Å². The minimum atomic E-state index is -2.17. The van der Waals surface area contributed by atoms with Crippen LogP contribution in [0.5, 0.6) is 0 Å². The molecule has 0 fully saturated rings. The van der Waals surface area contributed by atoms with Gasteiger partial charge >= 0.3 is 5.97 Å². The monoisotopic (exact) mass is 192 g/mol. The highest BCUT2D eigenvalue weighted by molar-refractivity contribution is 5.88. The molecular weight excluding hydrogens is 183 g/mol. The molecule has 0 saturated heterocycles. The number of halogens is 1. The summed E-state index contributed by atoms with van der Waals surface area (Å²) in [5.41, 5.74) is -0.731. The van der Waals surface area contributed by atoms with Gasteiger partial charge in [-0.15, -0.1) is 0 Å². The molecule has 5 nitrogen and oxygen atoms in total. The van der Waals surface area contributed by atoms with Gasteiger partial charge in [-0.25, -0.2) is 9.18 Å². The van der Waals surface area contributed by atoms with Gasteiger partial charge in [0.2, 0.25) is 0 Å². The van der Waals surface area contributed by atoms with E-state index in [0.29, 0.717) is 6.08 Å². The van der Waals surface area contributed by atoms with Crippen LogP contribution in [0.2, 0.25) is 0 Å². The minimum Gasteiger partial charge on any atom is -0.478 e. The van der Waals surface area contributed by atoms with Crippen molar-refractivity contribution >= 4 is 5.97 Å². The molecule has 1 rings (SSSR count). The van der Waals surface area contributed by atoms with E-state index in [0.717, 1.165) is 0 Å². The number of rotatable bonds is 1. The first-order valence-electron chi connectivity index (χ1n) is 3.58. The van der Waals surface area contributed by atoms with Gasteiger partial charge in [-0.3, -0.25) is 0 Å². The average Bonchev–Trinajstić information content (AvgIpc) is 2.07. The summed E-state index contributed by atoms with van der Waals surface area (Å²) in [6.07, 6.45) is -6.61. The van der Waals surface area contributed by atoms with Crippen molar-refractivity contribution in [2.24, 2.45) is 0 Å². The van der Waals surface area contributed by atoms with Gasteiger partial charge in [0.1, 0.15) is 18.3 Å². The maximum Gasteiger partial charge on any atom is 0.334 e. The molecule has 0 bridgehead atoms. The van der Waals surface area contributed by atoms with Crippen LogP contribution in [0.3, 0.4) is 0 Å². The summed E-state index contributed by atoms with van der Waals surface area (Å²) >= 11 is 0. The van der Waals surface area contributed by atoms with Crippen molar-refractivity contribution < 1.29 is 29.6 Å². The molecule has 0 aromatic heterocycles. The molecule has 13 heavy (non-hydrogen) atoms. The number of hydrogen-bond donors (Lipinski definition) is 4. The molecule has 74 valence electrons. The van der Waals surface area contributed by atoms with Crippen molar-refractivity contribution in [3.8, 4) is 0 Å². The van der Waals surface area contributed by atoms with Crippen LogP contribution in [0.1, 0.15) is 0 Å². The molecule has 0 spiro atoms. The van der Waals surface area contributed by atoms with Gasteiger partial charge in [-0.2, -0.15) is 0 Å². The summed E-state index contributed by atoms with van der Waals surface area (Å²) in [6, 6.07) is 0. The van der Waals surface area contributed by atoms with Crippen LogP contribution in [-0.2, 0) is 4.79 Å². The molecule has 4 atom stereocenters. The van der Waals surface area contributed by atoms with Crippen LogP contribution in [-0.4, -0.2) is 50.9 Å². The summed E-state index contributed by atoms with van der Waals surface area (Å²) in [7, 11) is 0. The van der Waals surface area contributed by atoms with Crippen molar-refractivity contribution in [1.29, 1.82) is 0 Å². The molecule has 1 aliphatic carbocycles. The predicted molar refractivity (Wildman–Crippen MR) is 38.6 cm³/mol. The third-order valence-electron chi connectivity index (χ3n) is 1.89. The molecule has 0 aromatic carbocycles. The van der Waals surface area contributed by atoms with E-state index in [1.165, 1.54) is 0 Å². The third kappa shape index (κ3) is 1.69. The van der Waals surface area contributed by atoms with Gasteiger partial charge in [0, 0.05) is 0 Å². The number of alkyl halides is 1. The molecule has 0 unspecified atom stereocenters. The average molecular weight is 192 g/mol. The van der Waals surface area contributed by atoms with Crippen molar-refractivity contribution in [2.45, 2.75) is 24.5 Å². The Bertz CT molecular complexity index is 251. The lowest BCUT2D eigenvalue weighted by atomic mass is 9.90. The highest BCUT2D eigenvalue weighted by Crippen LogP contribution is 2.22. The second kappa shape index (κ2) is 3.41. The maximum atomic E-state index is 12.9. The number of aliphatic hydroxyl groups is 3. The summed E-state index contributed by atoms with van der Waals surface area (Å²) in [4.78, 5) is 10.4. The summed E-state index contributed by atoms with van der Waals surface area (Å²) in [5.74, 6) is -1.56. The van der Waals surface area contributed by atoms with Crippen LogP contribution < -0.4 is 0 Å². The minimum absolute atomic E-state index is 0.685. The van der Waals surface area contributed by atoms with Gasteiger partial charge < -0.3 is 20.4 Å². The largest absolute Gasteiger partial charge is 0.478 e. The molecular formula is C7H9FO5. The zero-order chi connectivity index (χ0) is 10.2. The van der Waals surface area contributed by atoms with Gasteiger partial charge in [-0.05, 0) is 6.08 Å². The summed E-state index contributed by atoms with van der Waals surface area (Å²) in [6.45, 7) is 0. The first-order valence-corrected chi connectivity index (χ1v) is 3.58. The summed E-state index contributed by atoms with van der Waals surface area (Å²) in [5, 5.41) is 35.3. The van der Waals surface area contributed by atoms with Crippen LogP contribution in [0.4, 0.5) is 4.39 Å². The lowest BCUT2D eigenvalue weighted by Crippen LogP contribution is -2.47. The number of carboxylic acid groups (broad SMARTS) is 1. The molecule has 0 aliphatic heterocycles. The lowest BCUT2D eigenvalue weighted by molar-refractivity contribution is -0.136. The quantitative estimate of drug-likeness (QED) is 0.402. The smallest absolute Gasteiger partial charge is 0.334 e. The van der Waals surface area contributed by atoms with Crippen LogP contribution in [0.15, 0.2) is 11.6 Å². The Morgan fingerprint density at radius 3 is 2.31 bits per heavy atom. The second-order valence-electron chi connectivity index (χ2n) is 2.80. The van der Waals surface area contributed by atoms with E-state index in [1.54, 1.807) is 0 Å². The van der Waals surface area contributed by atoms with E-state index in [-0.39, 0.29) is 0 Å². The molecule has 1 aliphatic rings. The van der Waals surface area contributed by atoms with Crippen LogP contribution in [0, 0.1) is 0 Å². The van der Waals surface area contributed by atoms with Gasteiger partial charge in [0.05, 0.1) is 5.57 Å². The number of aliphatic hydroxyl groups excluding tert-OH is 3. The molecule has 0 saturated carbocycles. The van der Waals surface area contributed by atoms with E-state index < -0.39 is 36.0 Å². The number of hydrogen-bond acceptors (Lipinski definition) is 4. The van der Waals surface area contributed by atoms with Crippen LogP contribution in [0.25, 0.3) is 0 Å². The molecule has 0 radical (unpaired) electrons. The Hall–Kier alpha value is -0.980. The Kier molecular flexibility index (Phi) is 2.65. The molecule has 0 aromatic rings. The molecule has 6 heteroatoms. The first-order chi connectivity index (χ1) is 5.95. The molecule has 4 N–H and O–H groups in total. The van der Waals surface area contributed by atoms with E-state index in [4.69, 9.17) is 20.4 Å². The zero-order valence-corrected chi connectivity index (χ0v) is 6.46. The standard InChI is InChI=1S/C7H9FO5/c8-4-2(7(12)13)1-3(9)5(10)6(4)11/h1,3-6,9-11H,(H,12,13)/t3-,4-,5-,6+/m1/s1. The van der Waals surface area contributed by atoms with Gasteiger partial charge in [0.25, 0.3) is 0 Å². The Labute approximate surface area is 72.7 Å². The maximum absolute atomic E-state index is 12.9. The predicted octanol–water partition coefficient (Wildman–Crippen LogP) is -1.57. The summed E-state index contributed by atoms with van der Waals surface area (Å²) < 4.78 is 12.9. The van der Waals surface area contributed by atoms with E-state index >= 15 is 0 Å². The van der Waals surface area contributed by atoms with E-state index in [2.05, 4.69) is 0 Å². The van der Waals surface area contributed by atoms with Crippen LogP contribution >= 0.6 is 0 Å². The normalized spacial score (nSPS) is 39.8. The highest BCUT2D eigenvalue weighted by atomic mass is 19.1. The first kappa shape index (κ1) is 10.1. The third-order valence-corrected chi connectivity index (χ3v) is 1.89. The molecule has 0 heterocycles. The van der Waals surface area contributed by atoms with Crippen molar-refractivity contribution in [1.82, 2.24) is 0 Å². The van der Waals surface area contributed by atoms with Gasteiger partial charge in [0.15, 0.2) is 6.17 Å². The van der Waals surface area contributed by atoms with Crippen molar-refractivity contribution in [3.05, 3.63) is 11.6 Å². The fourth-order valence-corrected chi connectivity index (χ4v) is 1.12. The Balaban J connectivity index is 2.97. The highest BCUT2D eigenvalue weighted by Gasteiger charge is 2.40. The number of carbonyl (C=O) groups is 1. The Morgan fingerprint density at radius 1 is 1.31 bits per heavy atom. The molecule has 0 amide bonds. The van der Waals surface area contributed by atoms with Crippen molar-refractivity contribution in [2.75, 3.05) is 0 Å². The fourth-order valence-electron chi connectivity index (χ4n) is 1.12. The number of carboxylic acids is 1. The SMILES string of the molecule is O=C(O)C1=C[C@@H](O)[C@@H](O)[C@@H](O)[C@@H]1F. The topological polar surface area (TPSA) is 98.0 Å².